The molecular formula is C15H19NO3. The first-order valence-corrected chi connectivity index (χ1v) is 6.74. The molecule has 0 bridgehead atoms. The Kier molecular flexibility index (Phi) is 4.55. The van der Waals surface area contributed by atoms with Crippen LogP contribution in [-0.2, 0) is 16.0 Å². The molecule has 0 aromatic heterocycles. The smallest absolute Gasteiger partial charge is 0.307 e. The van der Waals surface area contributed by atoms with Crippen LogP contribution in [0.15, 0.2) is 24.3 Å². The van der Waals surface area contributed by atoms with Crippen molar-refractivity contribution in [2.45, 2.75) is 38.5 Å². The monoisotopic (exact) mass is 261 g/mol. The van der Waals surface area contributed by atoms with Crippen LogP contribution in [0.25, 0.3) is 0 Å². The number of hydrogen-bond acceptors (Lipinski definition) is 2. The molecule has 0 atom stereocenters. The number of hydrogen-bond donors (Lipinski definition) is 2. The molecule has 0 heterocycles. The van der Waals surface area contributed by atoms with Crippen LogP contribution < -0.4 is 5.32 Å². The lowest BCUT2D eigenvalue weighted by Crippen LogP contribution is -2.16. The van der Waals surface area contributed by atoms with Crippen molar-refractivity contribution in [2.24, 2.45) is 5.92 Å². The van der Waals surface area contributed by atoms with E-state index in [1.807, 2.05) is 0 Å². The van der Waals surface area contributed by atoms with Gasteiger partial charge in [-0.15, -0.1) is 0 Å². The zero-order valence-corrected chi connectivity index (χ0v) is 10.9. The molecular weight excluding hydrogens is 242 g/mol. The number of carboxylic acid groups (broad SMARTS) is 1. The van der Waals surface area contributed by atoms with Gasteiger partial charge in [0.15, 0.2) is 0 Å². The Balaban J connectivity index is 1.77. The zero-order chi connectivity index (χ0) is 13.7. The Labute approximate surface area is 112 Å². The van der Waals surface area contributed by atoms with Gasteiger partial charge in [0.2, 0.25) is 5.91 Å². The van der Waals surface area contributed by atoms with Crippen molar-refractivity contribution < 1.29 is 14.7 Å². The maximum Gasteiger partial charge on any atom is 0.307 e. The number of anilines is 1. The van der Waals surface area contributed by atoms with E-state index in [0.29, 0.717) is 6.42 Å². The molecule has 1 aromatic rings. The van der Waals surface area contributed by atoms with E-state index in [1.54, 1.807) is 24.3 Å². The molecule has 0 unspecified atom stereocenters. The number of nitrogens with one attached hydrogen (secondary N) is 1. The van der Waals surface area contributed by atoms with Gasteiger partial charge in [-0.1, -0.05) is 31.4 Å². The Morgan fingerprint density at radius 1 is 1.21 bits per heavy atom. The third-order valence-corrected chi connectivity index (χ3v) is 3.60. The van der Waals surface area contributed by atoms with Gasteiger partial charge in [0.25, 0.3) is 0 Å². The number of carbonyl (C=O) groups excluding carboxylic acids is 1. The van der Waals surface area contributed by atoms with Crippen molar-refractivity contribution >= 4 is 17.6 Å². The zero-order valence-electron chi connectivity index (χ0n) is 10.9. The Morgan fingerprint density at radius 2 is 1.89 bits per heavy atom. The summed E-state index contributed by atoms with van der Waals surface area (Å²) in [6, 6.07) is 6.96. The van der Waals surface area contributed by atoms with E-state index in [-0.39, 0.29) is 12.3 Å². The fourth-order valence-electron chi connectivity index (χ4n) is 2.22. The highest BCUT2D eigenvalue weighted by Gasteiger charge is 2.18. The highest BCUT2D eigenvalue weighted by molar-refractivity contribution is 5.90. The van der Waals surface area contributed by atoms with Crippen molar-refractivity contribution in [2.75, 3.05) is 5.32 Å². The predicted octanol–water partition coefficient (Wildman–Crippen LogP) is 2.83. The van der Waals surface area contributed by atoms with E-state index in [9.17, 15) is 9.59 Å². The van der Waals surface area contributed by atoms with Crippen molar-refractivity contribution in [3.05, 3.63) is 29.8 Å². The lowest BCUT2D eigenvalue weighted by Gasteiger charge is -2.24. The van der Waals surface area contributed by atoms with Crippen LogP contribution in [0.4, 0.5) is 5.69 Å². The number of amides is 1. The van der Waals surface area contributed by atoms with Gasteiger partial charge in [0.1, 0.15) is 0 Å². The third kappa shape index (κ3) is 4.39. The molecule has 0 radical (unpaired) electrons. The maximum absolute atomic E-state index is 11.7. The molecule has 1 aliphatic rings. The van der Waals surface area contributed by atoms with Gasteiger partial charge in [0, 0.05) is 12.1 Å². The van der Waals surface area contributed by atoms with Crippen LogP contribution in [0.3, 0.4) is 0 Å². The van der Waals surface area contributed by atoms with Crippen molar-refractivity contribution in [1.29, 1.82) is 0 Å². The Bertz CT molecular complexity index is 449. The van der Waals surface area contributed by atoms with Gasteiger partial charge in [-0.3, -0.25) is 9.59 Å². The van der Waals surface area contributed by atoms with Crippen LogP contribution in [0.2, 0.25) is 0 Å². The molecule has 102 valence electrons. The van der Waals surface area contributed by atoms with Gasteiger partial charge in [-0.2, -0.15) is 0 Å². The molecule has 1 aromatic carbocycles. The second-order valence-electron chi connectivity index (χ2n) is 5.15. The highest BCUT2D eigenvalue weighted by atomic mass is 16.4. The summed E-state index contributed by atoms with van der Waals surface area (Å²) in [5.41, 5.74) is 1.47. The second kappa shape index (κ2) is 6.36. The molecule has 4 heteroatoms. The lowest BCUT2D eigenvalue weighted by molar-refractivity contribution is -0.136. The number of carboxylic acids is 1. The summed E-state index contributed by atoms with van der Waals surface area (Å²) in [6.45, 7) is 0. The minimum absolute atomic E-state index is 0.00983. The van der Waals surface area contributed by atoms with E-state index < -0.39 is 5.97 Å². The van der Waals surface area contributed by atoms with Gasteiger partial charge < -0.3 is 10.4 Å². The van der Waals surface area contributed by atoms with Crippen LogP contribution in [0, 0.1) is 5.92 Å². The number of benzene rings is 1. The molecule has 2 N–H and O–H groups in total. The summed E-state index contributed by atoms with van der Waals surface area (Å²) in [5, 5.41) is 11.5. The van der Waals surface area contributed by atoms with Crippen LogP contribution in [-0.4, -0.2) is 17.0 Å². The van der Waals surface area contributed by atoms with Gasteiger partial charge in [-0.25, -0.2) is 0 Å². The average molecular weight is 261 g/mol. The summed E-state index contributed by atoms with van der Waals surface area (Å²) >= 11 is 0. The minimum atomic E-state index is -0.850. The third-order valence-electron chi connectivity index (χ3n) is 3.60. The van der Waals surface area contributed by atoms with Crippen LogP contribution in [0.5, 0.6) is 0 Å². The molecule has 0 spiro atoms. The number of carbonyl (C=O) groups is 2. The number of aliphatic carboxylic acids is 1. The van der Waals surface area contributed by atoms with Crippen LogP contribution >= 0.6 is 0 Å². The van der Waals surface area contributed by atoms with E-state index in [2.05, 4.69) is 5.32 Å². The summed E-state index contributed by atoms with van der Waals surface area (Å²) in [5.74, 6) is -0.0705. The standard InChI is InChI=1S/C15H19NO3/c17-14(9-6-11-2-1-3-11)16-13-7-4-12(5-8-13)10-15(18)19/h4-5,7-8,11H,1-3,6,9-10H2,(H,16,17)(H,18,19). The summed E-state index contributed by atoms with van der Waals surface area (Å²) in [7, 11) is 0. The molecule has 1 fully saturated rings. The second-order valence-corrected chi connectivity index (χ2v) is 5.15. The van der Waals surface area contributed by atoms with Crippen molar-refractivity contribution in [1.82, 2.24) is 0 Å². The first-order chi connectivity index (χ1) is 9.13. The molecule has 1 aliphatic carbocycles. The topological polar surface area (TPSA) is 66.4 Å². The summed E-state index contributed by atoms with van der Waals surface area (Å²) in [4.78, 5) is 22.3. The Hall–Kier alpha value is -1.84. The average Bonchev–Trinajstić information content (AvgIpc) is 2.29. The molecule has 1 amide bonds. The summed E-state index contributed by atoms with van der Waals surface area (Å²) in [6.07, 6.45) is 5.38. The quantitative estimate of drug-likeness (QED) is 0.827. The summed E-state index contributed by atoms with van der Waals surface area (Å²) < 4.78 is 0. The molecule has 19 heavy (non-hydrogen) atoms. The highest BCUT2D eigenvalue weighted by Crippen LogP contribution is 2.30. The SMILES string of the molecule is O=C(O)Cc1ccc(NC(=O)CCC2CCC2)cc1. The fourth-order valence-corrected chi connectivity index (χ4v) is 2.22. The van der Waals surface area contributed by atoms with Crippen molar-refractivity contribution in [3.63, 3.8) is 0 Å². The molecule has 0 aliphatic heterocycles. The van der Waals surface area contributed by atoms with Gasteiger partial charge in [0.05, 0.1) is 6.42 Å². The van der Waals surface area contributed by atoms with E-state index in [4.69, 9.17) is 5.11 Å². The molecule has 1 saturated carbocycles. The minimum Gasteiger partial charge on any atom is -0.481 e. The fraction of sp³-hybridized carbons (Fsp3) is 0.467. The van der Waals surface area contributed by atoms with Gasteiger partial charge in [-0.05, 0) is 30.0 Å². The maximum atomic E-state index is 11.7. The predicted molar refractivity (Wildman–Crippen MR) is 73.0 cm³/mol. The molecule has 2 rings (SSSR count). The number of rotatable bonds is 6. The van der Waals surface area contributed by atoms with E-state index in [0.717, 1.165) is 23.6 Å². The largest absolute Gasteiger partial charge is 0.481 e. The first-order valence-electron chi connectivity index (χ1n) is 6.74. The Morgan fingerprint density at radius 3 is 2.42 bits per heavy atom. The van der Waals surface area contributed by atoms with E-state index in [1.165, 1.54) is 19.3 Å². The molecule has 0 saturated heterocycles. The lowest BCUT2D eigenvalue weighted by atomic mass is 9.82. The van der Waals surface area contributed by atoms with E-state index >= 15 is 0 Å². The normalized spacial score (nSPS) is 14.7. The van der Waals surface area contributed by atoms with Gasteiger partial charge >= 0.3 is 5.97 Å². The first kappa shape index (κ1) is 13.6. The van der Waals surface area contributed by atoms with Crippen molar-refractivity contribution in [3.8, 4) is 0 Å². The van der Waals surface area contributed by atoms with Crippen LogP contribution in [0.1, 0.15) is 37.7 Å². The molecule has 4 nitrogen and oxygen atoms in total.